The zero-order valence-electron chi connectivity index (χ0n) is 19.6. The number of benzene rings is 3. The molecule has 1 heterocycles. The van der Waals surface area contributed by atoms with Crippen molar-refractivity contribution in [3.63, 3.8) is 0 Å². The van der Waals surface area contributed by atoms with Crippen molar-refractivity contribution in [2.75, 3.05) is 7.11 Å². The number of non-ortho nitro benzene ring substituents is 1. The predicted octanol–water partition coefficient (Wildman–Crippen LogP) is 5.44. The van der Waals surface area contributed by atoms with Gasteiger partial charge in [0.15, 0.2) is 0 Å². The molecule has 3 aromatic carbocycles. The Morgan fingerprint density at radius 3 is 2.26 bits per heavy atom. The minimum Gasteiger partial charge on any atom is -0.496 e. The summed E-state index contributed by atoms with van der Waals surface area (Å²) in [6.07, 6.45) is 1.62. The lowest BCUT2D eigenvalue weighted by atomic mass is 10.0. The molecule has 0 unspecified atom stereocenters. The fourth-order valence-corrected chi connectivity index (χ4v) is 3.95. The van der Waals surface area contributed by atoms with E-state index in [1.54, 1.807) is 42.6 Å². The minimum absolute atomic E-state index is 0.0669. The highest BCUT2D eigenvalue weighted by molar-refractivity contribution is 5.97. The molecule has 0 aliphatic carbocycles. The fourth-order valence-electron chi connectivity index (χ4n) is 3.95. The summed E-state index contributed by atoms with van der Waals surface area (Å²) in [4.78, 5) is 22.9. The number of rotatable bonds is 7. The summed E-state index contributed by atoms with van der Waals surface area (Å²) in [5.41, 5.74) is 8.74. The van der Waals surface area contributed by atoms with E-state index in [0.717, 1.165) is 33.8 Å². The maximum atomic E-state index is 12.5. The van der Waals surface area contributed by atoms with Crippen molar-refractivity contribution in [1.82, 2.24) is 9.99 Å². The van der Waals surface area contributed by atoms with Crippen LogP contribution >= 0.6 is 0 Å². The second-order valence-electron chi connectivity index (χ2n) is 7.91. The lowest BCUT2D eigenvalue weighted by Gasteiger charge is -2.11. The number of nitro benzene ring substituents is 1. The molecule has 0 fully saturated rings. The molecule has 0 aliphatic heterocycles. The first-order chi connectivity index (χ1) is 16.9. The van der Waals surface area contributed by atoms with Gasteiger partial charge in [-0.3, -0.25) is 14.9 Å². The van der Waals surface area contributed by atoms with E-state index in [1.165, 1.54) is 19.2 Å². The van der Waals surface area contributed by atoms with Crippen LogP contribution in [0.15, 0.2) is 84.0 Å². The van der Waals surface area contributed by atoms with Gasteiger partial charge in [0.2, 0.25) is 0 Å². The van der Waals surface area contributed by atoms with Crippen LogP contribution in [0.3, 0.4) is 0 Å². The second-order valence-corrected chi connectivity index (χ2v) is 7.91. The maximum Gasteiger partial charge on any atom is 0.275 e. The van der Waals surface area contributed by atoms with Crippen LogP contribution in [0.4, 0.5) is 5.69 Å². The van der Waals surface area contributed by atoms with E-state index in [0.29, 0.717) is 11.3 Å². The number of carbonyl (C=O) groups is 1. The number of aromatic nitrogens is 1. The minimum atomic E-state index is -0.407. The van der Waals surface area contributed by atoms with Gasteiger partial charge in [0, 0.05) is 34.8 Å². The molecule has 176 valence electrons. The Morgan fingerprint density at radius 1 is 1.00 bits per heavy atom. The molecule has 0 saturated carbocycles. The van der Waals surface area contributed by atoms with Crippen LogP contribution in [-0.2, 0) is 0 Å². The summed E-state index contributed by atoms with van der Waals surface area (Å²) < 4.78 is 7.33. The smallest absolute Gasteiger partial charge is 0.275 e. The quantitative estimate of drug-likeness (QED) is 0.222. The topological polar surface area (TPSA) is 98.8 Å². The first-order valence-corrected chi connectivity index (χ1v) is 10.9. The third-order valence-corrected chi connectivity index (χ3v) is 5.73. The molecule has 1 N–H and O–H groups in total. The van der Waals surface area contributed by atoms with E-state index >= 15 is 0 Å². The summed E-state index contributed by atoms with van der Waals surface area (Å²) in [7, 11) is 1.52. The molecule has 4 rings (SSSR count). The van der Waals surface area contributed by atoms with Crippen LogP contribution < -0.4 is 10.2 Å². The average Bonchev–Trinajstić information content (AvgIpc) is 3.16. The number of amides is 1. The Balaban J connectivity index is 1.51. The molecule has 8 heteroatoms. The van der Waals surface area contributed by atoms with Gasteiger partial charge >= 0.3 is 0 Å². The highest BCUT2D eigenvalue weighted by Crippen LogP contribution is 2.26. The van der Waals surface area contributed by atoms with Gasteiger partial charge < -0.3 is 9.30 Å². The monoisotopic (exact) mass is 468 g/mol. The van der Waals surface area contributed by atoms with Crippen molar-refractivity contribution in [3.8, 4) is 22.6 Å². The van der Waals surface area contributed by atoms with Gasteiger partial charge in [-0.1, -0.05) is 24.3 Å². The number of carbonyl (C=O) groups excluding carboxylic acids is 1. The van der Waals surface area contributed by atoms with Gasteiger partial charge in [-0.05, 0) is 67.4 Å². The molecule has 0 bridgehead atoms. The Morgan fingerprint density at radius 2 is 1.63 bits per heavy atom. The molecule has 0 aliphatic rings. The summed E-state index contributed by atoms with van der Waals surface area (Å²) in [5.74, 6) is 0.130. The molecule has 0 radical (unpaired) electrons. The van der Waals surface area contributed by atoms with Crippen molar-refractivity contribution in [3.05, 3.63) is 111 Å². The van der Waals surface area contributed by atoms with Crippen molar-refractivity contribution < 1.29 is 14.5 Å². The Kier molecular flexibility index (Phi) is 6.73. The molecule has 0 saturated heterocycles. The molecular formula is C27H24N4O4. The van der Waals surface area contributed by atoms with E-state index in [1.807, 2.05) is 44.2 Å². The lowest BCUT2D eigenvalue weighted by molar-refractivity contribution is -0.384. The van der Waals surface area contributed by atoms with E-state index in [9.17, 15) is 14.9 Å². The summed E-state index contributed by atoms with van der Waals surface area (Å²) in [5, 5.41) is 15.0. The van der Waals surface area contributed by atoms with Gasteiger partial charge in [0.05, 0.1) is 23.8 Å². The van der Waals surface area contributed by atoms with Crippen LogP contribution in [-0.4, -0.2) is 28.7 Å². The first kappa shape index (κ1) is 23.4. The van der Waals surface area contributed by atoms with E-state index in [-0.39, 0.29) is 11.6 Å². The molecular weight excluding hydrogens is 444 g/mol. The van der Waals surface area contributed by atoms with Gasteiger partial charge in [-0.15, -0.1) is 0 Å². The lowest BCUT2D eigenvalue weighted by Crippen LogP contribution is -2.18. The third-order valence-electron chi connectivity index (χ3n) is 5.73. The zero-order chi connectivity index (χ0) is 24.9. The van der Waals surface area contributed by atoms with E-state index < -0.39 is 4.92 Å². The van der Waals surface area contributed by atoms with Crippen LogP contribution in [0.1, 0.15) is 27.3 Å². The number of nitrogens with zero attached hydrogens (tertiary/aromatic N) is 3. The summed E-state index contributed by atoms with van der Waals surface area (Å²) >= 11 is 0. The number of aryl methyl sites for hydroxylation is 1. The number of methoxy groups -OCH3 is 1. The SMILES string of the molecule is COc1ccccc1C(=O)N/N=C\c1cc(C)n(-c2ccc(-c3ccc([N+](=O)[O-])cc3)cc2)c1C. The molecule has 1 amide bonds. The van der Waals surface area contributed by atoms with Crippen molar-refractivity contribution in [2.45, 2.75) is 13.8 Å². The van der Waals surface area contributed by atoms with Crippen molar-refractivity contribution >= 4 is 17.8 Å². The molecule has 0 spiro atoms. The Bertz CT molecular complexity index is 1400. The van der Waals surface area contributed by atoms with E-state index in [2.05, 4.69) is 15.1 Å². The number of nitro groups is 1. The first-order valence-electron chi connectivity index (χ1n) is 10.9. The molecule has 4 aromatic rings. The van der Waals surface area contributed by atoms with Crippen LogP contribution in [0.25, 0.3) is 16.8 Å². The third kappa shape index (κ3) is 4.96. The largest absolute Gasteiger partial charge is 0.496 e. The number of hydrogen-bond donors (Lipinski definition) is 1. The van der Waals surface area contributed by atoms with Crippen molar-refractivity contribution in [2.24, 2.45) is 5.10 Å². The molecule has 8 nitrogen and oxygen atoms in total. The molecule has 0 atom stereocenters. The van der Waals surface area contributed by atoms with Crippen molar-refractivity contribution in [1.29, 1.82) is 0 Å². The highest BCUT2D eigenvalue weighted by Gasteiger charge is 2.12. The van der Waals surface area contributed by atoms with Gasteiger partial charge in [0.25, 0.3) is 11.6 Å². The number of hydrogen-bond acceptors (Lipinski definition) is 5. The highest BCUT2D eigenvalue weighted by atomic mass is 16.6. The normalized spacial score (nSPS) is 10.9. The van der Waals surface area contributed by atoms with Gasteiger partial charge in [0.1, 0.15) is 5.75 Å². The Hall–Kier alpha value is -4.72. The molecule has 35 heavy (non-hydrogen) atoms. The standard InChI is InChI=1S/C27H24N4O4/c1-18-16-22(17-28-29-27(32)25-6-4-5-7-26(25)35-3)19(2)30(18)23-12-8-20(9-13-23)21-10-14-24(15-11-21)31(33)34/h4-17H,1-3H3,(H,29,32)/b28-17-. The van der Waals surface area contributed by atoms with Crippen LogP contribution in [0.2, 0.25) is 0 Å². The number of hydrazone groups is 1. The molecule has 1 aromatic heterocycles. The van der Waals surface area contributed by atoms with Gasteiger partial charge in [-0.25, -0.2) is 5.43 Å². The number of para-hydroxylation sites is 1. The predicted molar refractivity (Wildman–Crippen MR) is 135 cm³/mol. The number of ether oxygens (including phenoxy) is 1. The Labute approximate surface area is 202 Å². The van der Waals surface area contributed by atoms with Crippen LogP contribution in [0, 0.1) is 24.0 Å². The zero-order valence-corrected chi connectivity index (χ0v) is 19.6. The van der Waals surface area contributed by atoms with Crippen LogP contribution in [0.5, 0.6) is 5.75 Å². The fraction of sp³-hybridized carbons (Fsp3) is 0.111. The summed E-state index contributed by atoms with van der Waals surface area (Å²) in [6, 6.07) is 23.4. The maximum absolute atomic E-state index is 12.5. The summed E-state index contributed by atoms with van der Waals surface area (Å²) in [6.45, 7) is 3.99. The van der Waals surface area contributed by atoms with E-state index in [4.69, 9.17) is 4.74 Å². The second kappa shape index (κ2) is 10.0. The number of nitrogens with one attached hydrogen (secondary N) is 1. The van der Waals surface area contributed by atoms with Gasteiger partial charge in [-0.2, -0.15) is 5.10 Å². The average molecular weight is 469 g/mol.